The second-order valence-electron chi connectivity index (χ2n) is 4.22. The van der Waals surface area contributed by atoms with Gasteiger partial charge in [-0.15, -0.1) is 0 Å². The molecule has 0 heterocycles. The number of carbonyl (C=O) groups excluding carboxylic acids is 1. The van der Waals surface area contributed by atoms with Crippen LogP contribution in [0.1, 0.15) is 30.6 Å². The summed E-state index contributed by atoms with van der Waals surface area (Å²) in [4.78, 5) is 24.0. The Bertz CT molecular complexity index is 446. The largest absolute Gasteiger partial charge is 0.481 e. The number of halogens is 1. The Labute approximate surface area is 105 Å². The highest BCUT2D eigenvalue weighted by molar-refractivity contribution is 5.94. The van der Waals surface area contributed by atoms with Crippen molar-refractivity contribution in [1.82, 2.24) is 4.90 Å². The standard InChI is InChI=1S/C13H16FNO3/c1-9(2)15(8-7-12(16)17)13(18)10-5-3-4-6-11(10)14/h3-6,9H,7-8H2,1-2H3,(H,16,17). The zero-order valence-electron chi connectivity index (χ0n) is 10.4. The van der Waals surface area contributed by atoms with Gasteiger partial charge in [0.2, 0.25) is 0 Å². The quantitative estimate of drug-likeness (QED) is 0.874. The van der Waals surface area contributed by atoms with Gasteiger partial charge in [0, 0.05) is 12.6 Å². The molecule has 0 unspecified atom stereocenters. The van der Waals surface area contributed by atoms with E-state index in [1.807, 2.05) is 0 Å². The van der Waals surface area contributed by atoms with Gasteiger partial charge in [-0.1, -0.05) is 12.1 Å². The molecule has 0 aliphatic rings. The van der Waals surface area contributed by atoms with Crippen molar-refractivity contribution >= 4 is 11.9 Å². The molecule has 1 rings (SSSR count). The smallest absolute Gasteiger partial charge is 0.305 e. The first kappa shape index (κ1) is 14.2. The molecule has 0 saturated heterocycles. The lowest BCUT2D eigenvalue weighted by Gasteiger charge is -2.26. The van der Waals surface area contributed by atoms with Crippen molar-refractivity contribution in [2.24, 2.45) is 0 Å². The molecule has 18 heavy (non-hydrogen) atoms. The Hall–Kier alpha value is -1.91. The zero-order chi connectivity index (χ0) is 13.7. The molecule has 0 bridgehead atoms. The molecule has 0 radical (unpaired) electrons. The first-order valence-corrected chi connectivity index (χ1v) is 5.70. The number of amides is 1. The molecule has 0 atom stereocenters. The molecular formula is C13H16FNO3. The number of hydrogen-bond donors (Lipinski definition) is 1. The molecule has 0 aromatic heterocycles. The van der Waals surface area contributed by atoms with Crippen molar-refractivity contribution in [2.75, 3.05) is 6.54 Å². The van der Waals surface area contributed by atoms with Gasteiger partial charge in [-0.25, -0.2) is 4.39 Å². The number of aliphatic carboxylic acids is 1. The molecule has 0 spiro atoms. The predicted molar refractivity (Wildman–Crippen MR) is 64.8 cm³/mol. The number of carboxylic acids is 1. The van der Waals surface area contributed by atoms with Crippen LogP contribution in [-0.4, -0.2) is 34.5 Å². The number of hydrogen-bond acceptors (Lipinski definition) is 2. The van der Waals surface area contributed by atoms with Gasteiger partial charge in [0.25, 0.3) is 5.91 Å². The van der Waals surface area contributed by atoms with Crippen LogP contribution in [0.15, 0.2) is 24.3 Å². The Morgan fingerprint density at radius 1 is 1.33 bits per heavy atom. The summed E-state index contributed by atoms with van der Waals surface area (Å²) in [5.74, 6) is -2.06. The molecule has 0 aliphatic carbocycles. The third kappa shape index (κ3) is 3.55. The lowest BCUT2D eigenvalue weighted by molar-refractivity contribution is -0.137. The van der Waals surface area contributed by atoms with Crippen molar-refractivity contribution in [3.63, 3.8) is 0 Å². The number of benzene rings is 1. The highest BCUT2D eigenvalue weighted by Gasteiger charge is 2.21. The van der Waals surface area contributed by atoms with E-state index in [0.717, 1.165) is 0 Å². The Morgan fingerprint density at radius 2 is 1.94 bits per heavy atom. The van der Waals surface area contributed by atoms with E-state index in [4.69, 9.17) is 5.11 Å². The van der Waals surface area contributed by atoms with E-state index < -0.39 is 17.7 Å². The lowest BCUT2D eigenvalue weighted by atomic mass is 10.1. The van der Waals surface area contributed by atoms with E-state index >= 15 is 0 Å². The van der Waals surface area contributed by atoms with Crippen LogP contribution in [0.4, 0.5) is 4.39 Å². The molecule has 4 nitrogen and oxygen atoms in total. The fraction of sp³-hybridized carbons (Fsp3) is 0.385. The van der Waals surface area contributed by atoms with Crippen molar-refractivity contribution in [1.29, 1.82) is 0 Å². The number of nitrogens with zero attached hydrogens (tertiary/aromatic N) is 1. The molecule has 1 N–H and O–H groups in total. The van der Waals surface area contributed by atoms with Crippen molar-refractivity contribution in [3.05, 3.63) is 35.6 Å². The van der Waals surface area contributed by atoms with E-state index in [0.29, 0.717) is 0 Å². The molecule has 5 heteroatoms. The summed E-state index contributed by atoms with van der Waals surface area (Å²) in [7, 11) is 0. The monoisotopic (exact) mass is 253 g/mol. The van der Waals surface area contributed by atoms with E-state index in [9.17, 15) is 14.0 Å². The molecule has 98 valence electrons. The lowest BCUT2D eigenvalue weighted by Crippen LogP contribution is -2.38. The third-order valence-corrected chi connectivity index (χ3v) is 2.56. The first-order valence-electron chi connectivity index (χ1n) is 5.70. The van der Waals surface area contributed by atoms with Crippen LogP contribution < -0.4 is 0 Å². The minimum atomic E-state index is -0.984. The van der Waals surface area contributed by atoms with Crippen LogP contribution >= 0.6 is 0 Å². The van der Waals surface area contributed by atoms with Crippen LogP contribution in [0.25, 0.3) is 0 Å². The average Bonchev–Trinajstić information content (AvgIpc) is 2.28. The maximum absolute atomic E-state index is 13.5. The molecule has 0 aliphatic heterocycles. The first-order chi connectivity index (χ1) is 8.43. The van der Waals surface area contributed by atoms with Crippen molar-refractivity contribution in [2.45, 2.75) is 26.3 Å². The van der Waals surface area contributed by atoms with Crippen LogP contribution in [-0.2, 0) is 4.79 Å². The summed E-state index contributed by atoms with van der Waals surface area (Å²) in [6.07, 6.45) is -0.154. The Morgan fingerprint density at radius 3 is 2.44 bits per heavy atom. The summed E-state index contributed by atoms with van der Waals surface area (Å²) in [5, 5.41) is 8.64. The third-order valence-electron chi connectivity index (χ3n) is 2.56. The van der Waals surface area contributed by atoms with Gasteiger partial charge in [0.1, 0.15) is 5.82 Å². The van der Waals surface area contributed by atoms with Gasteiger partial charge in [0.05, 0.1) is 12.0 Å². The predicted octanol–water partition coefficient (Wildman–Crippen LogP) is 2.15. The van der Waals surface area contributed by atoms with E-state index in [-0.39, 0.29) is 24.6 Å². The maximum Gasteiger partial charge on any atom is 0.305 e. The summed E-state index contributed by atoms with van der Waals surface area (Å²) in [5.41, 5.74) is -0.0309. The summed E-state index contributed by atoms with van der Waals surface area (Å²) in [6, 6.07) is 5.50. The molecule has 0 saturated carbocycles. The zero-order valence-corrected chi connectivity index (χ0v) is 10.4. The fourth-order valence-corrected chi connectivity index (χ4v) is 1.60. The molecule has 1 aromatic carbocycles. The Balaban J connectivity index is 2.90. The fourth-order valence-electron chi connectivity index (χ4n) is 1.60. The second kappa shape index (κ2) is 6.14. The summed E-state index contributed by atoms with van der Waals surface area (Å²) >= 11 is 0. The van der Waals surface area contributed by atoms with Crippen LogP contribution in [0.3, 0.4) is 0 Å². The van der Waals surface area contributed by atoms with E-state index in [1.165, 1.54) is 23.1 Å². The number of carbonyl (C=O) groups is 2. The average molecular weight is 253 g/mol. The number of carboxylic acid groups (broad SMARTS) is 1. The minimum absolute atomic E-state index is 0.0309. The van der Waals surface area contributed by atoms with Gasteiger partial charge in [-0.2, -0.15) is 0 Å². The van der Waals surface area contributed by atoms with Gasteiger partial charge >= 0.3 is 5.97 Å². The van der Waals surface area contributed by atoms with E-state index in [2.05, 4.69) is 0 Å². The summed E-state index contributed by atoms with van der Waals surface area (Å²) < 4.78 is 13.5. The van der Waals surface area contributed by atoms with Gasteiger partial charge in [-0.05, 0) is 26.0 Å². The molecule has 0 fully saturated rings. The molecular weight excluding hydrogens is 237 g/mol. The maximum atomic E-state index is 13.5. The number of rotatable bonds is 5. The molecule has 1 aromatic rings. The van der Waals surface area contributed by atoms with Crippen LogP contribution in [0.5, 0.6) is 0 Å². The van der Waals surface area contributed by atoms with E-state index in [1.54, 1.807) is 19.9 Å². The minimum Gasteiger partial charge on any atom is -0.481 e. The second-order valence-corrected chi connectivity index (χ2v) is 4.22. The highest BCUT2D eigenvalue weighted by atomic mass is 19.1. The van der Waals surface area contributed by atoms with Crippen molar-refractivity contribution in [3.8, 4) is 0 Å². The van der Waals surface area contributed by atoms with Crippen LogP contribution in [0.2, 0.25) is 0 Å². The highest BCUT2D eigenvalue weighted by Crippen LogP contribution is 2.12. The molecule has 1 amide bonds. The SMILES string of the molecule is CC(C)N(CCC(=O)O)C(=O)c1ccccc1F. The summed E-state index contributed by atoms with van der Waals surface area (Å²) in [6.45, 7) is 3.60. The van der Waals surface area contributed by atoms with Crippen molar-refractivity contribution < 1.29 is 19.1 Å². The van der Waals surface area contributed by atoms with Gasteiger partial charge in [-0.3, -0.25) is 9.59 Å². The van der Waals surface area contributed by atoms with Crippen LogP contribution in [0, 0.1) is 5.82 Å². The Kier molecular flexibility index (Phi) is 4.83. The van der Waals surface area contributed by atoms with Gasteiger partial charge in [0.15, 0.2) is 0 Å². The van der Waals surface area contributed by atoms with Gasteiger partial charge < -0.3 is 10.0 Å². The topological polar surface area (TPSA) is 57.6 Å². The normalized spacial score (nSPS) is 10.4.